The van der Waals surface area contributed by atoms with Crippen LogP contribution in [0, 0.1) is 0 Å². The highest BCUT2D eigenvalue weighted by molar-refractivity contribution is 5.30. The van der Waals surface area contributed by atoms with Crippen molar-refractivity contribution < 1.29 is 10.6 Å². The van der Waals surface area contributed by atoms with Crippen LogP contribution in [0.15, 0.2) is 52.0 Å². The third-order valence-electron chi connectivity index (χ3n) is 2.84. The average molecular weight is 279 g/mol. The van der Waals surface area contributed by atoms with Crippen LogP contribution >= 0.6 is 0 Å². The first-order chi connectivity index (χ1) is 11.1. The van der Waals surface area contributed by atoms with Gasteiger partial charge in [-0.25, -0.2) is 23.9 Å². The summed E-state index contributed by atoms with van der Waals surface area (Å²) in [6.45, 7) is 1.64. The Hall–Kier alpha value is -2.34. The van der Waals surface area contributed by atoms with Gasteiger partial charge in [0.2, 0.25) is 0 Å². The maximum atomic E-state index is 12.7. The number of aliphatic hydroxyl groups is 1. The molecule has 0 saturated heterocycles. The molecule has 0 fully saturated rings. The average Bonchev–Trinajstić information content (AvgIpc) is 2.70. The van der Waals surface area contributed by atoms with Gasteiger partial charge in [0.25, 0.3) is 0 Å². The van der Waals surface area contributed by atoms with Crippen LogP contribution in [-0.4, -0.2) is 25.5 Å². The molecule has 0 saturated carbocycles. The van der Waals surface area contributed by atoms with Crippen molar-refractivity contribution in [2.24, 2.45) is 0 Å². The van der Waals surface area contributed by atoms with Gasteiger partial charge in [-0.3, -0.25) is 0 Å². The topological polar surface area (TPSA) is 80.0 Å². The highest BCUT2D eigenvalue weighted by atomic mass is 16.3. The molecule has 1 aromatic carbocycles. The molecule has 20 heavy (non-hydrogen) atoms. The summed E-state index contributed by atoms with van der Waals surface area (Å²) in [4.78, 5) is 25.0. The van der Waals surface area contributed by atoms with Crippen molar-refractivity contribution in [1.82, 2.24) is 14.3 Å². The van der Waals surface area contributed by atoms with E-state index in [2.05, 4.69) is 0 Å². The second kappa shape index (κ2) is 5.34. The summed E-state index contributed by atoms with van der Waals surface area (Å²) in [6, 6.07) is 6.39. The third-order valence-corrected chi connectivity index (χ3v) is 2.84. The summed E-state index contributed by atoms with van der Waals surface area (Å²) < 4.78 is 31.8. The molecule has 2 rings (SSSR count). The van der Waals surface area contributed by atoms with Crippen molar-refractivity contribution in [1.29, 1.82) is 0 Å². The van der Waals surface area contributed by atoms with Crippen molar-refractivity contribution in [2.75, 3.05) is 0 Å². The van der Waals surface area contributed by atoms with Crippen LogP contribution in [0.25, 0.3) is 5.69 Å². The number of aromatic nitrogens is 3. The molecule has 6 nitrogen and oxygen atoms in total. The lowest BCUT2D eigenvalue weighted by molar-refractivity contribution is 0.138. The number of aromatic amines is 1. The molecule has 2 aromatic rings. The van der Waals surface area contributed by atoms with Crippen molar-refractivity contribution >= 4 is 0 Å². The molecule has 6 heteroatoms. The maximum absolute atomic E-state index is 12.7. The van der Waals surface area contributed by atoms with Gasteiger partial charge >= 0.3 is 11.4 Å². The summed E-state index contributed by atoms with van der Waals surface area (Å²) >= 11 is 0. The lowest BCUT2D eigenvalue weighted by Crippen LogP contribution is -2.33. The second-order valence-corrected chi connectivity index (χ2v) is 4.41. The van der Waals surface area contributed by atoms with E-state index in [-0.39, 0.29) is 16.4 Å². The Morgan fingerprint density at radius 3 is 2.70 bits per heavy atom. The minimum Gasteiger partial charge on any atom is -0.391 e. The molecule has 2 atom stereocenters. The highest BCUT2D eigenvalue weighted by Gasteiger charge is 2.23. The van der Waals surface area contributed by atoms with E-state index in [1.807, 2.05) is 0 Å². The van der Waals surface area contributed by atoms with Crippen LogP contribution < -0.4 is 11.4 Å². The quantitative estimate of drug-likeness (QED) is 0.813. The van der Waals surface area contributed by atoms with E-state index in [4.69, 9.17) is 5.52 Å². The fourth-order valence-corrected chi connectivity index (χ4v) is 2.00. The summed E-state index contributed by atoms with van der Waals surface area (Å²) in [5, 5.41) is 10.3. The number of rotatable bonds is 4. The van der Waals surface area contributed by atoms with Gasteiger partial charge in [0, 0.05) is 0 Å². The number of nitrogens with one attached hydrogen (secondary N) is 1. The molecule has 1 aromatic heterocycles. The normalized spacial score (nSPS) is 18.1. The predicted molar refractivity (Wildman–Crippen MR) is 76.2 cm³/mol. The van der Waals surface area contributed by atoms with Crippen LogP contribution in [0.1, 0.15) is 24.0 Å². The molecular formula is C14H17N3O3. The highest BCUT2D eigenvalue weighted by Crippen LogP contribution is 2.16. The molecule has 0 amide bonds. The minimum atomic E-state index is -2.32. The molecule has 0 aliphatic carbocycles. The predicted octanol–water partition coefficient (Wildman–Crippen LogP) is 0.825. The zero-order chi connectivity index (χ0) is 18.2. The first kappa shape index (κ1) is 9.55. The lowest BCUT2D eigenvalue weighted by Gasteiger charge is -2.19. The molecule has 0 spiro atoms. The first-order valence-electron chi connectivity index (χ1n) is 7.89. The van der Waals surface area contributed by atoms with Crippen molar-refractivity contribution in [3.63, 3.8) is 0 Å². The summed E-state index contributed by atoms with van der Waals surface area (Å²) in [6.07, 6.45) is -2.32. The molecule has 2 N–H and O–H groups in total. The smallest absolute Gasteiger partial charge is 0.352 e. The zero-order valence-electron chi connectivity index (χ0n) is 15.1. The van der Waals surface area contributed by atoms with E-state index in [0.717, 1.165) is 11.5 Å². The molecule has 0 aliphatic rings. The molecule has 0 aliphatic heterocycles. The van der Waals surface area contributed by atoms with E-state index in [0.29, 0.717) is 4.68 Å². The fraction of sp³-hybridized carbons (Fsp3) is 0.286. The lowest BCUT2D eigenvalue weighted by atomic mass is 10.1. The Morgan fingerprint density at radius 2 is 2.15 bits per heavy atom. The van der Waals surface area contributed by atoms with Crippen LogP contribution in [-0.2, 0) is 0 Å². The Kier molecular flexibility index (Phi) is 2.55. The van der Waals surface area contributed by atoms with Crippen LogP contribution in [0.4, 0.5) is 0 Å². The van der Waals surface area contributed by atoms with Gasteiger partial charge in [-0.15, -0.1) is 0 Å². The monoisotopic (exact) mass is 279 g/mol. The summed E-state index contributed by atoms with van der Waals surface area (Å²) in [7, 11) is 0. The Bertz CT molecular complexity index is 887. The Morgan fingerprint density at radius 1 is 1.50 bits per heavy atom. The van der Waals surface area contributed by atoms with Crippen molar-refractivity contribution in [3.05, 3.63) is 63.4 Å². The van der Waals surface area contributed by atoms with Gasteiger partial charge in [-0.1, -0.05) is 30.3 Å². The molecule has 0 unspecified atom stereocenters. The Balaban J connectivity index is 2.83. The number of H-pyrrole nitrogens is 1. The molecule has 0 bridgehead atoms. The summed E-state index contributed by atoms with van der Waals surface area (Å²) in [5.74, 6) is 0. The number of benzene rings is 1. The standard InChI is InChI=1S/C14H17N3O3/c1-9(2)12(10(3)18)17-14(20)16(13(19)15-17)11-7-5-4-6-8-11/h4-8,10,12,18H,1H2,2-3H3,(H,15,19)/t10-,12-/m0/s1/i1D2,10D/hD. The third kappa shape index (κ3) is 2.37. The van der Waals surface area contributed by atoms with Crippen LogP contribution in [0.2, 0.25) is 1.41 Å². The van der Waals surface area contributed by atoms with E-state index in [9.17, 15) is 14.7 Å². The van der Waals surface area contributed by atoms with Gasteiger partial charge in [-0.2, -0.15) is 0 Å². The van der Waals surface area contributed by atoms with E-state index in [1.165, 1.54) is 19.1 Å². The van der Waals surface area contributed by atoms with Gasteiger partial charge in [0.15, 0.2) is 1.41 Å². The van der Waals surface area contributed by atoms with Gasteiger partial charge in [0.1, 0.15) is 6.04 Å². The van der Waals surface area contributed by atoms with Crippen molar-refractivity contribution in [3.8, 4) is 5.69 Å². The second-order valence-electron chi connectivity index (χ2n) is 4.41. The van der Waals surface area contributed by atoms with E-state index in [1.54, 1.807) is 18.2 Å². The van der Waals surface area contributed by atoms with Gasteiger partial charge in [-0.05, 0) is 26.0 Å². The number of nitrogens with zero attached hydrogens (tertiary/aromatic N) is 2. The number of hydrogen-bond acceptors (Lipinski definition) is 3. The SMILES string of the molecule is [2H]C([2H])=C(C)[C@H](n1c(=O)n(-c2ccccc2)c(=O)n1[2H])[C@]([2H])(C)O. The summed E-state index contributed by atoms with van der Waals surface area (Å²) in [5.41, 5.74) is -1.82. The van der Waals surface area contributed by atoms with Crippen LogP contribution in [0.3, 0.4) is 0 Å². The number of hydrogen-bond donors (Lipinski definition) is 2. The maximum Gasteiger partial charge on any atom is 0.352 e. The first-order valence-corrected chi connectivity index (χ1v) is 5.95. The largest absolute Gasteiger partial charge is 0.391 e. The molecule has 0 radical (unpaired) electrons. The molecular weight excluding hydrogens is 258 g/mol. The van der Waals surface area contributed by atoms with Gasteiger partial charge < -0.3 is 5.11 Å². The zero-order valence-corrected chi connectivity index (χ0v) is 11.1. The molecule has 1 heterocycles. The van der Waals surface area contributed by atoms with Crippen molar-refractivity contribution in [2.45, 2.75) is 26.0 Å². The van der Waals surface area contributed by atoms with E-state index >= 15 is 0 Å². The van der Waals surface area contributed by atoms with Crippen LogP contribution in [0.5, 0.6) is 0 Å². The number of para-hydroxylation sites is 1. The van der Waals surface area contributed by atoms with E-state index < -0.39 is 30.0 Å². The molecule has 106 valence electrons. The Labute approximate surface area is 121 Å². The van der Waals surface area contributed by atoms with Gasteiger partial charge in [0.05, 0.1) is 15.9 Å². The minimum absolute atomic E-state index is 0.122. The fourth-order valence-electron chi connectivity index (χ4n) is 2.00.